The van der Waals surface area contributed by atoms with Crippen LogP contribution in [0, 0.1) is 0 Å². The lowest BCUT2D eigenvalue weighted by Gasteiger charge is -2.34. The van der Waals surface area contributed by atoms with E-state index >= 15 is 0 Å². The van der Waals surface area contributed by atoms with Gasteiger partial charge in [0.05, 0.1) is 25.5 Å². The molecule has 30 heavy (non-hydrogen) atoms. The highest BCUT2D eigenvalue weighted by molar-refractivity contribution is 6.35. The molecule has 1 fully saturated rings. The molecule has 1 aliphatic heterocycles. The summed E-state index contributed by atoms with van der Waals surface area (Å²) in [6, 6.07) is 8.36. The fourth-order valence-corrected chi connectivity index (χ4v) is 3.82. The predicted molar refractivity (Wildman–Crippen MR) is 111 cm³/mol. The number of aliphatic hydroxyl groups excluding tert-OH is 1. The maximum atomic E-state index is 12.8. The number of aliphatic hydroxyl groups is 1. The number of halogens is 2. The Morgan fingerprint density at radius 3 is 2.83 bits per heavy atom. The van der Waals surface area contributed by atoms with Gasteiger partial charge in [-0.2, -0.15) is 0 Å². The summed E-state index contributed by atoms with van der Waals surface area (Å²) in [7, 11) is 0. The highest BCUT2D eigenvalue weighted by atomic mass is 35.5. The molecule has 1 saturated heterocycles. The van der Waals surface area contributed by atoms with Crippen molar-refractivity contribution in [3.8, 4) is 11.3 Å². The van der Waals surface area contributed by atoms with Crippen LogP contribution in [-0.2, 0) is 16.1 Å². The summed E-state index contributed by atoms with van der Waals surface area (Å²) in [6.07, 6.45) is 3.57. The number of morpholine rings is 1. The zero-order valence-corrected chi connectivity index (χ0v) is 17.4. The summed E-state index contributed by atoms with van der Waals surface area (Å²) < 4.78 is 7.47. The first-order chi connectivity index (χ1) is 14.5. The number of pyridine rings is 1. The second kappa shape index (κ2) is 9.09. The number of rotatable bonds is 5. The Balaban J connectivity index is 1.41. The van der Waals surface area contributed by atoms with Crippen molar-refractivity contribution in [1.29, 1.82) is 0 Å². The molecule has 3 aromatic rings. The number of amides is 1. The molecule has 2 aromatic heterocycles. The topological polar surface area (TPSA) is 93.4 Å². The fourth-order valence-electron chi connectivity index (χ4n) is 3.31. The Hall–Kier alpha value is -2.52. The standard InChI is InChI=1S/C20H19Cl2N5O3/c21-14-1-2-16(17(22)9-14)19(28)20(29)26-7-8-30-15(10-26)11-27-12-18(24-25-27)13-3-5-23-6-4-13/h1-6,9,12,15,19,28H,7-8,10-11H2. The fraction of sp³-hybridized carbons (Fsp3) is 0.300. The first-order valence-electron chi connectivity index (χ1n) is 9.35. The van der Waals surface area contributed by atoms with Crippen molar-refractivity contribution in [2.75, 3.05) is 19.7 Å². The SMILES string of the molecule is O=C(C(O)c1ccc(Cl)cc1Cl)N1CCOC(Cn2cc(-c3ccncc3)nn2)C1. The highest BCUT2D eigenvalue weighted by Crippen LogP contribution is 2.28. The van der Waals surface area contributed by atoms with E-state index in [0.717, 1.165) is 11.3 Å². The molecule has 0 spiro atoms. The molecule has 1 aliphatic rings. The van der Waals surface area contributed by atoms with Crippen LogP contribution in [0.3, 0.4) is 0 Å². The Kier molecular flexibility index (Phi) is 6.29. The van der Waals surface area contributed by atoms with Crippen LogP contribution in [0.15, 0.2) is 48.9 Å². The lowest BCUT2D eigenvalue weighted by Crippen LogP contribution is -2.48. The summed E-state index contributed by atoms with van der Waals surface area (Å²) in [5.41, 5.74) is 1.97. The van der Waals surface area contributed by atoms with E-state index in [1.54, 1.807) is 34.1 Å². The van der Waals surface area contributed by atoms with Crippen molar-refractivity contribution in [3.63, 3.8) is 0 Å². The van der Waals surface area contributed by atoms with E-state index in [4.69, 9.17) is 27.9 Å². The molecule has 10 heteroatoms. The first-order valence-corrected chi connectivity index (χ1v) is 10.1. The highest BCUT2D eigenvalue weighted by Gasteiger charge is 2.30. The van der Waals surface area contributed by atoms with E-state index in [-0.39, 0.29) is 11.1 Å². The molecule has 2 atom stereocenters. The normalized spacial score (nSPS) is 17.7. The van der Waals surface area contributed by atoms with E-state index in [1.807, 2.05) is 18.3 Å². The quantitative estimate of drug-likeness (QED) is 0.645. The number of carbonyl (C=O) groups excluding carboxylic acids is 1. The van der Waals surface area contributed by atoms with Crippen molar-refractivity contribution < 1.29 is 14.6 Å². The van der Waals surface area contributed by atoms with Gasteiger partial charge in [0.15, 0.2) is 6.10 Å². The summed E-state index contributed by atoms with van der Waals surface area (Å²) in [5, 5.41) is 19.5. The van der Waals surface area contributed by atoms with E-state index in [2.05, 4.69) is 15.3 Å². The zero-order valence-electron chi connectivity index (χ0n) is 15.9. The Morgan fingerprint density at radius 2 is 2.07 bits per heavy atom. The van der Waals surface area contributed by atoms with Crippen molar-refractivity contribution in [2.24, 2.45) is 0 Å². The van der Waals surface area contributed by atoms with E-state index in [0.29, 0.717) is 36.8 Å². The average Bonchev–Trinajstić information content (AvgIpc) is 3.22. The molecule has 1 N–H and O–H groups in total. The maximum Gasteiger partial charge on any atom is 0.256 e. The number of carbonyl (C=O) groups is 1. The van der Waals surface area contributed by atoms with Crippen molar-refractivity contribution in [2.45, 2.75) is 18.8 Å². The molecule has 0 bridgehead atoms. The summed E-state index contributed by atoms with van der Waals surface area (Å²) >= 11 is 12.0. The Morgan fingerprint density at radius 1 is 1.27 bits per heavy atom. The minimum Gasteiger partial charge on any atom is -0.378 e. The average molecular weight is 448 g/mol. The van der Waals surface area contributed by atoms with Gasteiger partial charge < -0.3 is 14.7 Å². The predicted octanol–water partition coefficient (Wildman–Crippen LogP) is 2.61. The van der Waals surface area contributed by atoms with Gasteiger partial charge in [0, 0.05) is 46.7 Å². The van der Waals surface area contributed by atoms with Crippen molar-refractivity contribution >= 4 is 29.1 Å². The van der Waals surface area contributed by atoms with Crippen LogP contribution in [0.5, 0.6) is 0 Å². The number of aromatic nitrogens is 4. The van der Waals surface area contributed by atoms with Gasteiger partial charge in [-0.05, 0) is 24.3 Å². The number of ether oxygens (including phenoxy) is 1. The van der Waals surface area contributed by atoms with Gasteiger partial charge in [-0.15, -0.1) is 5.10 Å². The summed E-state index contributed by atoms with van der Waals surface area (Å²) in [5.74, 6) is -0.427. The Labute approximate surface area is 183 Å². The van der Waals surface area contributed by atoms with Gasteiger partial charge in [0.2, 0.25) is 0 Å². The smallest absolute Gasteiger partial charge is 0.256 e. The number of hydrogen-bond acceptors (Lipinski definition) is 6. The molecule has 3 heterocycles. The molecule has 0 saturated carbocycles. The molecule has 2 unspecified atom stereocenters. The lowest BCUT2D eigenvalue weighted by atomic mass is 10.1. The lowest BCUT2D eigenvalue weighted by molar-refractivity contribution is -0.148. The molecule has 4 rings (SSSR count). The third kappa shape index (κ3) is 4.62. The van der Waals surface area contributed by atoms with Crippen molar-refractivity contribution in [3.05, 3.63) is 64.5 Å². The van der Waals surface area contributed by atoms with Gasteiger partial charge in [-0.1, -0.05) is 34.5 Å². The van der Waals surface area contributed by atoms with Crippen LogP contribution in [0.1, 0.15) is 11.7 Å². The number of benzene rings is 1. The summed E-state index contributed by atoms with van der Waals surface area (Å²) in [4.78, 5) is 18.4. The number of hydrogen-bond donors (Lipinski definition) is 1. The second-order valence-electron chi connectivity index (χ2n) is 6.91. The van der Waals surface area contributed by atoms with Crippen molar-refractivity contribution in [1.82, 2.24) is 24.9 Å². The molecule has 156 valence electrons. The molecular formula is C20H19Cl2N5O3. The monoisotopic (exact) mass is 447 g/mol. The van der Waals surface area contributed by atoms with Gasteiger partial charge in [0.25, 0.3) is 5.91 Å². The molecule has 8 nitrogen and oxygen atoms in total. The summed E-state index contributed by atoms with van der Waals surface area (Å²) in [6.45, 7) is 1.51. The van der Waals surface area contributed by atoms with Gasteiger partial charge >= 0.3 is 0 Å². The Bertz CT molecular complexity index is 1030. The minimum atomic E-state index is -1.36. The van der Waals surface area contributed by atoms with Crippen LogP contribution >= 0.6 is 23.2 Å². The maximum absolute atomic E-state index is 12.8. The molecular weight excluding hydrogens is 429 g/mol. The van der Waals surface area contributed by atoms with Gasteiger partial charge in [-0.25, -0.2) is 4.68 Å². The molecule has 0 radical (unpaired) electrons. The third-order valence-corrected chi connectivity index (χ3v) is 5.41. The van der Waals surface area contributed by atoms with E-state index in [1.165, 1.54) is 6.07 Å². The van der Waals surface area contributed by atoms with Crippen LogP contribution in [0.4, 0.5) is 0 Å². The van der Waals surface area contributed by atoms with Crippen LogP contribution < -0.4 is 0 Å². The molecule has 0 aliphatic carbocycles. The van der Waals surface area contributed by atoms with Crippen LogP contribution in [-0.4, -0.2) is 61.7 Å². The van der Waals surface area contributed by atoms with E-state index < -0.39 is 12.0 Å². The van der Waals surface area contributed by atoms with E-state index in [9.17, 15) is 9.90 Å². The number of nitrogens with zero attached hydrogens (tertiary/aromatic N) is 5. The second-order valence-corrected chi connectivity index (χ2v) is 7.75. The third-order valence-electron chi connectivity index (χ3n) is 4.85. The first kappa shape index (κ1) is 20.7. The van der Waals surface area contributed by atoms with Crippen LogP contribution in [0.25, 0.3) is 11.3 Å². The zero-order chi connectivity index (χ0) is 21.1. The minimum absolute atomic E-state index is 0.249. The van der Waals surface area contributed by atoms with Crippen LogP contribution in [0.2, 0.25) is 10.0 Å². The molecule has 1 aromatic carbocycles. The van der Waals surface area contributed by atoms with Gasteiger partial charge in [0.1, 0.15) is 5.69 Å². The van der Waals surface area contributed by atoms with Gasteiger partial charge in [-0.3, -0.25) is 9.78 Å². The largest absolute Gasteiger partial charge is 0.378 e. The molecule has 1 amide bonds.